The van der Waals surface area contributed by atoms with Gasteiger partial charge in [0.15, 0.2) is 0 Å². The first-order chi connectivity index (χ1) is 12.3. The van der Waals surface area contributed by atoms with Crippen LogP contribution in [0.15, 0.2) is 24.3 Å². The van der Waals surface area contributed by atoms with Crippen LogP contribution in [0.3, 0.4) is 0 Å². The lowest BCUT2D eigenvalue weighted by Crippen LogP contribution is -2.40. The SMILES string of the molecule is COCCNC(=O)c1ccc(NC(=O)N(C)C[C@]2(C)CCN(C)C2)cc1. The van der Waals surface area contributed by atoms with E-state index in [-0.39, 0.29) is 17.4 Å². The van der Waals surface area contributed by atoms with Gasteiger partial charge in [-0.2, -0.15) is 0 Å². The predicted octanol–water partition coefficient (Wildman–Crippen LogP) is 1.87. The van der Waals surface area contributed by atoms with Gasteiger partial charge in [-0.05, 0) is 49.7 Å². The quantitative estimate of drug-likeness (QED) is 0.726. The Morgan fingerprint density at radius 3 is 2.58 bits per heavy atom. The summed E-state index contributed by atoms with van der Waals surface area (Å²) in [5.74, 6) is -0.157. The van der Waals surface area contributed by atoms with Gasteiger partial charge < -0.3 is 25.2 Å². The first-order valence-electron chi connectivity index (χ1n) is 8.91. The van der Waals surface area contributed by atoms with E-state index in [0.717, 1.165) is 19.5 Å². The van der Waals surface area contributed by atoms with Gasteiger partial charge >= 0.3 is 6.03 Å². The minimum Gasteiger partial charge on any atom is -0.383 e. The van der Waals surface area contributed by atoms with E-state index in [1.807, 2.05) is 7.05 Å². The average Bonchev–Trinajstić information content (AvgIpc) is 2.94. The summed E-state index contributed by atoms with van der Waals surface area (Å²) in [6, 6.07) is 6.73. The van der Waals surface area contributed by atoms with E-state index in [4.69, 9.17) is 4.74 Å². The van der Waals surface area contributed by atoms with Gasteiger partial charge in [-0.3, -0.25) is 4.79 Å². The third kappa shape index (κ3) is 5.71. The molecular weight excluding hydrogens is 332 g/mol. The van der Waals surface area contributed by atoms with Crippen LogP contribution in [0.25, 0.3) is 0 Å². The number of methoxy groups -OCH3 is 1. The van der Waals surface area contributed by atoms with Crippen molar-refractivity contribution in [2.24, 2.45) is 5.41 Å². The maximum atomic E-state index is 12.4. The van der Waals surface area contributed by atoms with Crippen molar-refractivity contribution in [3.63, 3.8) is 0 Å². The van der Waals surface area contributed by atoms with Crippen molar-refractivity contribution < 1.29 is 14.3 Å². The van der Waals surface area contributed by atoms with Crippen LogP contribution >= 0.6 is 0 Å². The molecule has 144 valence electrons. The number of hydrogen-bond donors (Lipinski definition) is 2. The Bertz CT molecular complexity index is 620. The van der Waals surface area contributed by atoms with Crippen LogP contribution < -0.4 is 10.6 Å². The number of likely N-dealkylation sites (tertiary alicyclic amines) is 1. The predicted molar refractivity (Wildman–Crippen MR) is 103 cm³/mol. The number of nitrogens with zero attached hydrogens (tertiary/aromatic N) is 2. The molecule has 0 spiro atoms. The summed E-state index contributed by atoms with van der Waals surface area (Å²) in [6.45, 7) is 5.94. The van der Waals surface area contributed by atoms with E-state index < -0.39 is 0 Å². The van der Waals surface area contributed by atoms with Crippen LogP contribution in [0.5, 0.6) is 0 Å². The Morgan fingerprint density at radius 1 is 1.31 bits per heavy atom. The molecule has 3 amide bonds. The van der Waals surface area contributed by atoms with Gasteiger partial charge in [0.1, 0.15) is 0 Å². The van der Waals surface area contributed by atoms with Gasteiger partial charge in [0.2, 0.25) is 0 Å². The normalized spacial score (nSPS) is 20.0. The highest BCUT2D eigenvalue weighted by Gasteiger charge is 2.34. The number of ether oxygens (including phenoxy) is 1. The molecule has 0 unspecified atom stereocenters. The molecule has 1 fully saturated rings. The monoisotopic (exact) mass is 362 g/mol. The van der Waals surface area contributed by atoms with E-state index >= 15 is 0 Å². The van der Waals surface area contributed by atoms with E-state index in [2.05, 4.69) is 29.5 Å². The van der Waals surface area contributed by atoms with E-state index in [9.17, 15) is 9.59 Å². The van der Waals surface area contributed by atoms with Crippen molar-refractivity contribution in [3.05, 3.63) is 29.8 Å². The zero-order chi connectivity index (χ0) is 19.2. The van der Waals surface area contributed by atoms with Crippen molar-refractivity contribution in [2.45, 2.75) is 13.3 Å². The lowest BCUT2D eigenvalue weighted by atomic mass is 9.89. The van der Waals surface area contributed by atoms with E-state index in [1.165, 1.54) is 0 Å². The zero-order valence-electron chi connectivity index (χ0n) is 16.2. The molecule has 2 N–H and O–H groups in total. The fourth-order valence-corrected chi connectivity index (χ4v) is 3.34. The van der Waals surface area contributed by atoms with Crippen molar-refractivity contribution in [2.75, 3.05) is 59.3 Å². The lowest BCUT2D eigenvalue weighted by molar-refractivity contribution is 0.0937. The van der Waals surface area contributed by atoms with E-state index in [1.54, 1.807) is 36.3 Å². The second-order valence-corrected chi connectivity index (χ2v) is 7.41. The minimum absolute atomic E-state index is 0.130. The van der Waals surface area contributed by atoms with Gasteiger partial charge in [0.05, 0.1) is 6.61 Å². The molecule has 0 saturated carbocycles. The van der Waals surface area contributed by atoms with Crippen LogP contribution in [-0.4, -0.2) is 75.7 Å². The number of amides is 3. The van der Waals surface area contributed by atoms with Gasteiger partial charge in [-0.1, -0.05) is 6.92 Å². The number of rotatable bonds is 7. The average molecular weight is 362 g/mol. The summed E-state index contributed by atoms with van der Waals surface area (Å²) in [5.41, 5.74) is 1.35. The molecule has 26 heavy (non-hydrogen) atoms. The van der Waals surface area contributed by atoms with Crippen LogP contribution in [0.2, 0.25) is 0 Å². The van der Waals surface area contributed by atoms with Crippen molar-refractivity contribution in [1.29, 1.82) is 0 Å². The minimum atomic E-state index is -0.157. The Balaban J connectivity index is 1.85. The highest BCUT2D eigenvalue weighted by molar-refractivity contribution is 5.95. The summed E-state index contributed by atoms with van der Waals surface area (Å²) in [6.07, 6.45) is 1.09. The second-order valence-electron chi connectivity index (χ2n) is 7.41. The lowest BCUT2D eigenvalue weighted by Gasteiger charge is -2.30. The molecule has 2 rings (SSSR count). The summed E-state index contributed by atoms with van der Waals surface area (Å²) in [7, 11) is 5.51. The van der Waals surface area contributed by atoms with Gasteiger partial charge in [0.25, 0.3) is 5.91 Å². The molecule has 7 nitrogen and oxygen atoms in total. The highest BCUT2D eigenvalue weighted by Crippen LogP contribution is 2.29. The maximum Gasteiger partial charge on any atom is 0.321 e. The van der Waals surface area contributed by atoms with Crippen LogP contribution in [0.1, 0.15) is 23.7 Å². The maximum absolute atomic E-state index is 12.4. The fourth-order valence-electron chi connectivity index (χ4n) is 3.34. The van der Waals surface area contributed by atoms with E-state index in [0.29, 0.717) is 30.9 Å². The van der Waals surface area contributed by atoms with Crippen molar-refractivity contribution >= 4 is 17.6 Å². The molecule has 1 heterocycles. The number of hydrogen-bond acceptors (Lipinski definition) is 4. The van der Waals surface area contributed by atoms with Crippen LogP contribution in [-0.2, 0) is 4.74 Å². The summed E-state index contributed by atoms with van der Waals surface area (Å²) in [4.78, 5) is 28.4. The molecule has 1 atom stereocenters. The molecule has 7 heteroatoms. The fraction of sp³-hybridized carbons (Fsp3) is 0.579. The Hall–Kier alpha value is -2.12. The molecule has 1 aliphatic heterocycles. The Morgan fingerprint density at radius 2 is 2.00 bits per heavy atom. The van der Waals surface area contributed by atoms with Crippen LogP contribution in [0.4, 0.5) is 10.5 Å². The topological polar surface area (TPSA) is 73.9 Å². The number of nitrogens with one attached hydrogen (secondary N) is 2. The molecule has 0 radical (unpaired) electrons. The molecule has 1 aliphatic rings. The zero-order valence-corrected chi connectivity index (χ0v) is 16.2. The van der Waals surface area contributed by atoms with Crippen LogP contribution in [0, 0.1) is 5.41 Å². The molecular formula is C19H30N4O3. The highest BCUT2D eigenvalue weighted by atomic mass is 16.5. The number of carbonyl (C=O) groups excluding carboxylic acids is 2. The standard InChI is InChI=1S/C19H30N4O3/c1-19(9-11-22(2)13-19)14-23(3)18(25)21-16-7-5-15(6-8-16)17(24)20-10-12-26-4/h5-8H,9-14H2,1-4H3,(H,20,24)(H,21,25)/t19-/m1/s1. The summed E-state index contributed by atoms with van der Waals surface area (Å²) in [5, 5.41) is 5.65. The Kier molecular flexibility index (Phi) is 6.99. The molecule has 1 aromatic carbocycles. The largest absolute Gasteiger partial charge is 0.383 e. The first-order valence-corrected chi connectivity index (χ1v) is 8.91. The summed E-state index contributed by atoms with van der Waals surface area (Å²) >= 11 is 0. The third-order valence-corrected chi connectivity index (χ3v) is 4.70. The number of urea groups is 1. The van der Waals surface area contributed by atoms with Gasteiger partial charge in [-0.15, -0.1) is 0 Å². The molecule has 0 bridgehead atoms. The molecule has 1 aromatic rings. The number of benzene rings is 1. The second kappa shape index (κ2) is 9.00. The smallest absolute Gasteiger partial charge is 0.321 e. The van der Waals surface area contributed by atoms with Gasteiger partial charge in [0, 0.05) is 45.0 Å². The molecule has 1 saturated heterocycles. The first kappa shape index (κ1) is 20.2. The van der Waals surface area contributed by atoms with Gasteiger partial charge in [-0.25, -0.2) is 4.79 Å². The third-order valence-electron chi connectivity index (χ3n) is 4.70. The van der Waals surface area contributed by atoms with Crippen molar-refractivity contribution in [3.8, 4) is 0 Å². The Labute approximate surface area is 155 Å². The molecule has 0 aromatic heterocycles. The van der Waals surface area contributed by atoms with Crippen molar-refractivity contribution in [1.82, 2.24) is 15.1 Å². The number of carbonyl (C=O) groups is 2. The number of anilines is 1. The molecule has 0 aliphatic carbocycles. The summed E-state index contributed by atoms with van der Waals surface area (Å²) < 4.78 is 4.90.